The molecule has 0 bridgehead atoms. The molecule has 0 radical (unpaired) electrons. The number of alkyl halides is 3. The Bertz CT molecular complexity index is 933. The average Bonchev–Trinajstić information content (AvgIpc) is 3.01. The SMILES string of the molecule is Cc1cc(C2CC(c3cc(Cl)cc(Cl)c3)(C(F)(F)F)ON2CO)ccc1C(=O)O. The quantitative estimate of drug-likeness (QED) is 0.680. The van der Waals surface area contributed by atoms with E-state index in [-0.39, 0.29) is 21.2 Å². The maximum Gasteiger partial charge on any atom is 0.423 e. The maximum atomic E-state index is 14.2. The molecular weight excluding hydrogens is 434 g/mol. The van der Waals surface area contributed by atoms with E-state index in [1.54, 1.807) is 6.92 Å². The van der Waals surface area contributed by atoms with Crippen molar-refractivity contribution < 1.29 is 33.0 Å². The summed E-state index contributed by atoms with van der Waals surface area (Å²) >= 11 is 11.8. The molecule has 1 aliphatic heterocycles. The van der Waals surface area contributed by atoms with E-state index in [4.69, 9.17) is 33.1 Å². The molecule has 2 N–H and O–H groups in total. The van der Waals surface area contributed by atoms with Crippen molar-refractivity contribution in [3.63, 3.8) is 0 Å². The first-order valence-electron chi connectivity index (χ1n) is 8.42. The Morgan fingerprint density at radius 1 is 1.24 bits per heavy atom. The normalized spacial score (nSPS) is 22.8. The summed E-state index contributed by atoms with van der Waals surface area (Å²) in [5.41, 5.74) is -2.29. The molecule has 1 aliphatic rings. The van der Waals surface area contributed by atoms with Gasteiger partial charge >= 0.3 is 12.1 Å². The Morgan fingerprint density at radius 3 is 2.34 bits per heavy atom. The van der Waals surface area contributed by atoms with Crippen molar-refractivity contribution in [2.75, 3.05) is 6.73 Å². The number of aliphatic hydroxyl groups excluding tert-OH is 1. The van der Waals surface area contributed by atoms with Gasteiger partial charge in [-0.3, -0.25) is 4.84 Å². The minimum Gasteiger partial charge on any atom is -0.478 e. The molecule has 0 saturated carbocycles. The van der Waals surface area contributed by atoms with Crippen LogP contribution in [0, 0.1) is 6.92 Å². The predicted octanol–water partition coefficient (Wildman–Crippen LogP) is 5.09. The zero-order valence-corrected chi connectivity index (χ0v) is 16.5. The van der Waals surface area contributed by atoms with Crippen LogP contribution in [0.5, 0.6) is 0 Å². The second kappa shape index (κ2) is 7.77. The molecule has 0 aliphatic carbocycles. The number of nitrogens with zero attached hydrogens (tertiary/aromatic N) is 1. The van der Waals surface area contributed by atoms with E-state index in [0.29, 0.717) is 11.1 Å². The number of carbonyl (C=O) groups is 1. The number of benzene rings is 2. The fourth-order valence-electron chi connectivity index (χ4n) is 3.51. The molecule has 2 aromatic carbocycles. The lowest BCUT2D eigenvalue weighted by atomic mass is 9.85. The molecule has 3 rings (SSSR count). The van der Waals surface area contributed by atoms with Crippen LogP contribution in [0.4, 0.5) is 13.2 Å². The van der Waals surface area contributed by atoms with Crippen molar-refractivity contribution >= 4 is 29.2 Å². The monoisotopic (exact) mass is 449 g/mol. The van der Waals surface area contributed by atoms with Crippen molar-refractivity contribution in [1.82, 2.24) is 5.06 Å². The van der Waals surface area contributed by atoms with Crippen molar-refractivity contribution in [2.45, 2.75) is 31.2 Å². The van der Waals surface area contributed by atoms with Crippen LogP contribution < -0.4 is 0 Å². The van der Waals surface area contributed by atoms with Crippen LogP contribution in [-0.4, -0.2) is 34.2 Å². The molecule has 2 unspecified atom stereocenters. The minimum atomic E-state index is -4.85. The third-order valence-electron chi connectivity index (χ3n) is 4.89. The molecule has 29 heavy (non-hydrogen) atoms. The average molecular weight is 450 g/mol. The summed E-state index contributed by atoms with van der Waals surface area (Å²) < 4.78 is 42.6. The number of hydrogen-bond acceptors (Lipinski definition) is 4. The van der Waals surface area contributed by atoms with Gasteiger partial charge in [-0.2, -0.15) is 18.2 Å². The summed E-state index contributed by atoms with van der Waals surface area (Å²) in [4.78, 5) is 16.5. The smallest absolute Gasteiger partial charge is 0.423 e. The van der Waals surface area contributed by atoms with E-state index in [9.17, 15) is 23.1 Å². The summed E-state index contributed by atoms with van der Waals surface area (Å²) in [6.07, 6.45) is -5.43. The highest BCUT2D eigenvalue weighted by molar-refractivity contribution is 6.34. The van der Waals surface area contributed by atoms with Gasteiger partial charge < -0.3 is 10.2 Å². The number of aryl methyl sites for hydroxylation is 1. The lowest BCUT2D eigenvalue weighted by Crippen LogP contribution is -2.43. The van der Waals surface area contributed by atoms with Crippen LogP contribution in [0.15, 0.2) is 36.4 Å². The van der Waals surface area contributed by atoms with Crippen molar-refractivity contribution in [1.29, 1.82) is 0 Å². The van der Waals surface area contributed by atoms with Gasteiger partial charge in [0.05, 0.1) is 11.6 Å². The number of aromatic carboxylic acids is 1. The van der Waals surface area contributed by atoms with Gasteiger partial charge in [-0.25, -0.2) is 4.79 Å². The van der Waals surface area contributed by atoms with Crippen molar-refractivity contribution in [3.8, 4) is 0 Å². The lowest BCUT2D eigenvalue weighted by molar-refractivity contribution is -0.337. The predicted molar refractivity (Wildman–Crippen MR) is 99.7 cm³/mol. The lowest BCUT2D eigenvalue weighted by Gasteiger charge is -2.31. The van der Waals surface area contributed by atoms with Gasteiger partial charge in [0, 0.05) is 16.5 Å². The molecule has 0 aromatic heterocycles. The van der Waals surface area contributed by atoms with Gasteiger partial charge in [-0.15, -0.1) is 0 Å². The molecule has 2 atom stereocenters. The first kappa shape index (κ1) is 21.9. The Balaban J connectivity index is 2.10. The standard InChI is InChI=1S/C19H16Cl2F3NO4/c1-10-4-11(2-3-15(10)17(27)28)16-8-18(19(22,23)24,29-25(16)9-26)12-5-13(20)7-14(21)6-12/h2-7,16,26H,8-9H2,1H3,(H,27,28). The van der Waals surface area contributed by atoms with Gasteiger partial charge in [0.2, 0.25) is 5.60 Å². The van der Waals surface area contributed by atoms with Crippen LogP contribution in [-0.2, 0) is 10.4 Å². The molecule has 5 nitrogen and oxygen atoms in total. The summed E-state index contributed by atoms with van der Waals surface area (Å²) in [5.74, 6) is -1.14. The molecule has 1 fully saturated rings. The highest BCUT2D eigenvalue weighted by atomic mass is 35.5. The van der Waals surface area contributed by atoms with Crippen LogP contribution in [0.25, 0.3) is 0 Å². The van der Waals surface area contributed by atoms with Gasteiger partial charge in [0.25, 0.3) is 0 Å². The summed E-state index contributed by atoms with van der Waals surface area (Å²) in [5, 5.41) is 19.7. The van der Waals surface area contributed by atoms with Crippen molar-refractivity contribution in [2.24, 2.45) is 0 Å². The van der Waals surface area contributed by atoms with E-state index in [0.717, 1.165) is 17.2 Å². The maximum absolute atomic E-state index is 14.2. The number of halogens is 5. The number of rotatable bonds is 4. The minimum absolute atomic E-state index is 0.0142. The Morgan fingerprint density at radius 2 is 1.86 bits per heavy atom. The van der Waals surface area contributed by atoms with E-state index < -0.39 is 36.9 Å². The van der Waals surface area contributed by atoms with E-state index in [1.807, 2.05) is 0 Å². The first-order chi connectivity index (χ1) is 13.5. The Hall–Kier alpha value is -1.84. The van der Waals surface area contributed by atoms with Crippen molar-refractivity contribution in [3.05, 3.63) is 68.7 Å². The number of hydroxylamine groups is 2. The highest BCUT2D eigenvalue weighted by Gasteiger charge is 2.64. The highest BCUT2D eigenvalue weighted by Crippen LogP contribution is 2.55. The summed E-state index contributed by atoms with van der Waals surface area (Å²) in [6.45, 7) is 0.732. The van der Waals surface area contributed by atoms with Crippen LogP contribution in [0.2, 0.25) is 10.0 Å². The Labute approximate surface area is 174 Å². The fraction of sp³-hybridized carbons (Fsp3) is 0.316. The Kier molecular flexibility index (Phi) is 5.86. The van der Waals surface area contributed by atoms with E-state index in [1.165, 1.54) is 24.3 Å². The summed E-state index contributed by atoms with van der Waals surface area (Å²) in [6, 6.07) is 6.76. The number of hydrogen-bond donors (Lipinski definition) is 2. The zero-order chi connectivity index (χ0) is 21.6. The fourth-order valence-corrected chi connectivity index (χ4v) is 4.04. The third kappa shape index (κ3) is 3.95. The van der Waals surface area contributed by atoms with Gasteiger partial charge in [-0.05, 0) is 47.9 Å². The molecular formula is C19H16Cl2F3NO4. The van der Waals surface area contributed by atoms with Crippen LogP contribution in [0.1, 0.15) is 39.5 Å². The van der Waals surface area contributed by atoms with E-state index in [2.05, 4.69) is 0 Å². The van der Waals surface area contributed by atoms with Gasteiger partial charge in [0.15, 0.2) is 0 Å². The van der Waals surface area contributed by atoms with Gasteiger partial charge in [0.1, 0.15) is 6.73 Å². The molecule has 0 amide bonds. The largest absolute Gasteiger partial charge is 0.478 e. The molecule has 2 aromatic rings. The second-order valence-corrected chi connectivity index (χ2v) is 7.60. The van der Waals surface area contributed by atoms with Gasteiger partial charge in [-0.1, -0.05) is 35.3 Å². The van der Waals surface area contributed by atoms with Crippen LogP contribution in [0.3, 0.4) is 0 Å². The first-order valence-corrected chi connectivity index (χ1v) is 9.18. The molecule has 0 spiro atoms. The van der Waals surface area contributed by atoms with E-state index >= 15 is 0 Å². The second-order valence-electron chi connectivity index (χ2n) is 6.73. The van der Waals surface area contributed by atoms with Crippen LogP contribution >= 0.6 is 23.2 Å². The third-order valence-corrected chi connectivity index (χ3v) is 5.33. The molecule has 10 heteroatoms. The molecule has 156 valence electrons. The topological polar surface area (TPSA) is 70.0 Å². The molecule has 1 heterocycles. The zero-order valence-electron chi connectivity index (χ0n) is 15.0. The summed E-state index contributed by atoms with van der Waals surface area (Å²) in [7, 11) is 0. The molecule has 1 saturated heterocycles. The number of aliphatic hydroxyl groups is 1. The number of carboxylic acid groups (broad SMARTS) is 1. The number of carboxylic acids is 1.